The van der Waals surface area contributed by atoms with Gasteiger partial charge in [-0.25, -0.2) is 0 Å². The molecule has 0 saturated carbocycles. The van der Waals surface area contributed by atoms with Crippen molar-refractivity contribution < 1.29 is 9.59 Å². The van der Waals surface area contributed by atoms with Gasteiger partial charge >= 0.3 is 0 Å². The van der Waals surface area contributed by atoms with Crippen LogP contribution in [0.4, 0.5) is 0 Å². The normalized spacial score (nSPS) is 29.3. The number of piperazine rings is 1. The Morgan fingerprint density at radius 3 is 2.46 bits per heavy atom. The van der Waals surface area contributed by atoms with E-state index in [0.717, 1.165) is 71.5 Å². The van der Waals surface area contributed by atoms with Gasteiger partial charge in [-0.1, -0.05) is 13.8 Å². The molecule has 6 heteroatoms. The third kappa shape index (κ3) is 3.75. The van der Waals surface area contributed by atoms with Crippen LogP contribution in [0.5, 0.6) is 0 Å². The molecule has 3 aliphatic heterocycles. The number of hydrogen-bond acceptors (Lipinski definition) is 4. The number of amides is 2. The van der Waals surface area contributed by atoms with E-state index in [1.807, 2.05) is 23.6 Å². The number of hydrogen-bond donors (Lipinski definition) is 1. The van der Waals surface area contributed by atoms with Crippen LogP contribution in [0, 0.1) is 5.92 Å². The highest BCUT2D eigenvalue weighted by Crippen LogP contribution is 2.24. The van der Waals surface area contributed by atoms with Crippen LogP contribution >= 0.6 is 0 Å². The summed E-state index contributed by atoms with van der Waals surface area (Å²) in [6, 6.07) is 0.268. The lowest BCUT2D eigenvalue weighted by Gasteiger charge is -2.38. The number of piperidine rings is 1. The quantitative estimate of drug-likeness (QED) is 0.817. The molecule has 0 bridgehead atoms. The molecule has 3 saturated heterocycles. The highest BCUT2D eigenvalue weighted by Gasteiger charge is 2.38. The fourth-order valence-corrected chi connectivity index (χ4v) is 4.28. The van der Waals surface area contributed by atoms with Crippen LogP contribution in [0.2, 0.25) is 0 Å². The first-order chi connectivity index (χ1) is 11.6. The molecule has 0 aromatic rings. The van der Waals surface area contributed by atoms with E-state index in [4.69, 9.17) is 0 Å². The first-order valence-corrected chi connectivity index (χ1v) is 9.62. The Hall–Kier alpha value is -1.14. The molecule has 3 aliphatic rings. The van der Waals surface area contributed by atoms with E-state index in [1.54, 1.807) is 0 Å². The van der Waals surface area contributed by atoms with Gasteiger partial charge in [0.05, 0.1) is 0 Å². The zero-order chi connectivity index (χ0) is 17.1. The van der Waals surface area contributed by atoms with Gasteiger partial charge in [-0.3, -0.25) is 14.5 Å². The van der Waals surface area contributed by atoms with E-state index >= 15 is 0 Å². The van der Waals surface area contributed by atoms with Crippen LogP contribution in [0.25, 0.3) is 0 Å². The summed E-state index contributed by atoms with van der Waals surface area (Å²) in [5.74, 6) is 0.276. The molecular weight excluding hydrogens is 304 g/mol. The molecule has 2 atom stereocenters. The van der Waals surface area contributed by atoms with Gasteiger partial charge in [0, 0.05) is 57.8 Å². The number of nitrogens with zero attached hydrogens (tertiary/aromatic N) is 3. The van der Waals surface area contributed by atoms with Gasteiger partial charge in [-0.2, -0.15) is 0 Å². The standard InChI is InChI=1S/C18H32N4O2/c1-14(2)17(23)22-9-4-3-5-16(22)18(24)21-10-6-15(13-21)20-11-7-19-8-12-20/h14-16,19H,3-13H2,1-2H3. The van der Waals surface area contributed by atoms with Crippen molar-refractivity contribution in [3.63, 3.8) is 0 Å². The molecule has 2 unspecified atom stereocenters. The zero-order valence-corrected chi connectivity index (χ0v) is 15.2. The number of carbonyl (C=O) groups is 2. The van der Waals surface area contributed by atoms with E-state index in [9.17, 15) is 9.59 Å². The van der Waals surface area contributed by atoms with Gasteiger partial charge in [0.25, 0.3) is 0 Å². The monoisotopic (exact) mass is 336 g/mol. The van der Waals surface area contributed by atoms with Crippen molar-refractivity contribution in [1.82, 2.24) is 20.0 Å². The van der Waals surface area contributed by atoms with Crippen LogP contribution < -0.4 is 5.32 Å². The molecule has 1 N–H and O–H groups in total. The molecule has 2 amide bonds. The Bertz CT molecular complexity index is 462. The molecule has 6 nitrogen and oxygen atoms in total. The second kappa shape index (κ2) is 7.83. The van der Waals surface area contributed by atoms with Crippen molar-refractivity contribution in [2.24, 2.45) is 5.92 Å². The van der Waals surface area contributed by atoms with Gasteiger partial charge in [0.1, 0.15) is 6.04 Å². The van der Waals surface area contributed by atoms with Crippen molar-refractivity contribution in [3.8, 4) is 0 Å². The molecule has 24 heavy (non-hydrogen) atoms. The predicted molar refractivity (Wildman–Crippen MR) is 93.6 cm³/mol. The largest absolute Gasteiger partial charge is 0.339 e. The van der Waals surface area contributed by atoms with Crippen molar-refractivity contribution in [3.05, 3.63) is 0 Å². The van der Waals surface area contributed by atoms with E-state index < -0.39 is 0 Å². The highest BCUT2D eigenvalue weighted by atomic mass is 16.2. The molecule has 0 spiro atoms. The Balaban J connectivity index is 1.61. The van der Waals surface area contributed by atoms with Gasteiger partial charge in [0.15, 0.2) is 0 Å². The summed E-state index contributed by atoms with van der Waals surface area (Å²) in [5.41, 5.74) is 0. The second-order valence-electron chi connectivity index (χ2n) is 7.71. The van der Waals surface area contributed by atoms with Gasteiger partial charge < -0.3 is 15.1 Å². The van der Waals surface area contributed by atoms with Gasteiger partial charge in [0.2, 0.25) is 11.8 Å². The van der Waals surface area contributed by atoms with E-state index in [-0.39, 0.29) is 23.8 Å². The zero-order valence-electron chi connectivity index (χ0n) is 15.2. The molecule has 136 valence electrons. The lowest BCUT2D eigenvalue weighted by atomic mass is 9.99. The van der Waals surface area contributed by atoms with Crippen LogP contribution in [0.15, 0.2) is 0 Å². The predicted octanol–water partition coefficient (Wildman–Crippen LogP) is 0.530. The Kier molecular flexibility index (Phi) is 5.76. The van der Waals surface area contributed by atoms with Crippen LogP contribution in [0.1, 0.15) is 39.5 Å². The maximum atomic E-state index is 13.1. The Morgan fingerprint density at radius 1 is 1.00 bits per heavy atom. The number of rotatable bonds is 3. The summed E-state index contributed by atoms with van der Waals surface area (Å²) in [5, 5.41) is 3.39. The average Bonchev–Trinajstić information content (AvgIpc) is 3.11. The summed E-state index contributed by atoms with van der Waals surface area (Å²) in [4.78, 5) is 31.9. The minimum absolute atomic E-state index is 0.0365. The van der Waals surface area contributed by atoms with Gasteiger partial charge in [-0.15, -0.1) is 0 Å². The van der Waals surface area contributed by atoms with E-state index in [0.29, 0.717) is 6.04 Å². The second-order valence-corrected chi connectivity index (χ2v) is 7.71. The molecule has 0 radical (unpaired) electrons. The molecule has 3 heterocycles. The Morgan fingerprint density at radius 2 is 1.75 bits per heavy atom. The van der Waals surface area contributed by atoms with Crippen molar-refractivity contribution in [2.45, 2.75) is 51.6 Å². The third-order valence-electron chi connectivity index (χ3n) is 5.71. The van der Waals surface area contributed by atoms with E-state index in [2.05, 4.69) is 10.2 Å². The lowest BCUT2D eigenvalue weighted by Crippen LogP contribution is -2.54. The fourth-order valence-electron chi connectivity index (χ4n) is 4.28. The SMILES string of the molecule is CC(C)C(=O)N1CCCCC1C(=O)N1CCC(N2CCNCC2)C1. The first kappa shape index (κ1) is 17.7. The average molecular weight is 336 g/mol. The number of likely N-dealkylation sites (tertiary alicyclic amines) is 2. The topological polar surface area (TPSA) is 55.9 Å². The number of carbonyl (C=O) groups excluding carboxylic acids is 2. The fraction of sp³-hybridized carbons (Fsp3) is 0.889. The minimum atomic E-state index is -0.226. The minimum Gasteiger partial charge on any atom is -0.339 e. The summed E-state index contributed by atoms with van der Waals surface area (Å²) in [6.45, 7) is 10.5. The maximum Gasteiger partial charge on any atom is 0.245 e. The molecule has 0 aromatic carbocycles. The summed E-state index contributed by atoms with van der Waals surface area (Å²) >= 11 is 0. The third-order valence-corrected chi connectivity index (χ3v) is 5.71. The van der Waals surface area contributed by atoms with Crippen molar-refractivity contribution in [1.29, 1.82) is 0 Å². The molecule has 3 rings (SSSR count). The van der Waals surface area contributed by atoms with E-state index in [1.165, 1.54) is 0 Å². The van der Waals surface area contributed by atoms with Crippen LogP contribution in [-0.2, 0) is 9.59 Å². The number of nitrogens with one attached hydrogen (secondary N) is 1. The lowest BCUT2D eigenvalue weighted by molar-refractivity contribution is -0.149. The Labute approximate surface area is 145 Å². The highest BCUT2D eigenvalue weighted by molar-refractivity contribution is 5.88. The molecule has 3 fully saturated rings. The maximum absolute atomic E-state index is 13.1. The smallest absolute Gasteiger partial charge is 0.245 e. The summed E-state index contributed by atoms with van der Waals surface area (Å²) in [7, 11) is 0. The summed E-state index contributed by atoms with van der Waals surface area (Å²) < 4.78 is 0. The van der Waals surface area contributed by atoms with Crippen molar-refractivity contribution >= 4 is 11.8 Å². The summed E-state index contributed by atoms with van der Waals surface area (Å²) in [6.07, 6.45) is 3.96. The van der Waals surface area contributed by atoms with Crippen LogP contribution in [0.3, 0.4) is 0 Å². The molecule has 0 aliphatic carbocycles. The molecule has 0 aromatic heterocycles. The van der Waals surface area contributed by atoms with Gasteiger partial charge in [-0.05, 0) is 25.7 Å². The molecular formula is C18H32N4O2. The first-order valence-electron chi connectivity index (χ1n) is 9.62. The van der Waals surface area contributed by atoms with Crippen LogP contribution in [-0.4, -0.2) is 84.4 Å². The van der Waals surface area contributed by atoms with Crippen molar-refractivity contribution in [2.75, 3.05) is 45.8 Å².